The van der Waals surface area contributed by atoms with Crippen molar-refractivity contribution in [3.8, 4) is 0 Å². The van der Waals surface area contributed by atoms with Crippen molar-refractivity contribution in [2.45, 2.75) is 20.0 Å². The van der Waals surface area contributed by atoms with Crippen molar-refractivity contribution < 1.29 is 32.7 Å². The third kappa shape index (κ3) is 8.00. The number of carboxylic acid groups (broad SMARTS) is 1. The zero-order valence-corrected chi connectivity index (χ0v) is 11.7. The number of hydrogen-bond donors (Lipinski definition) is 2. The summed E-state index contributed by atoms with van der Waals surface area (Å²) >= 11 is 0. The lowest BCUT2D eigenvalue weighted by Crippen LogP contribution is -2.51. The van der Waals surface area contributed by atoms with E-state index in [1.54, 1.807) is 6.92 Å². The van der Waals surface area contributed by atoms with Gasteiger partial charge in [0.15, 0.2) is 0 Å². The van der Waals surface area contributed by atoms with E-state index >= 15 is 0 Å². The van der Waals surface area contributed by atoms with Crippen LogP contribution in [0.25, 0.3) is 0 Å². The summed E-state index contributed by atoms with van der Waals surface area (Å²) in [5.74, 6) is -2.10. The summed E-state index contributed by atoms with van der Waals surface area (Å²) in [7, 11) is 0. The molecule has 0 radical (unpaired) electrons. The van der Waals surface area contributed by atoms with Crippen molar-refractivity contribution in [2.24, 2.45) is 0 Å². The summed E-state index contributed by atoms with van der Waals surface area (Å²) in [6.45, 7) is 0.196. The van der Waals surface area contributed by atoms with Crippen molar-refractivity contribution >= 4 is 17.9 Å². The van der Waals surface area contributed by atoms with Crippen LogP contribution in [-0.2, 0) is 9.59 Å². The second kappa shape index (κ2) is 8.32. The molecule has 0 saturated carbocycles. The van der Waals surface area contributed by atoms with E-state index in [0.717, 1.165) is 4.90 Å². The molecule has 0 aliphatic heterocycles. The van der Waals surface area contributed by atoms with E-state index in [4.69, 9.17) is 5.11 Å². The molecule has 0 spiro atoms. The molecule has 0 rings (SSSR count). The minimum absolute atomic E-state index is 0.0239. The fourth-order valence-corrected chi connectivity index (χ4v) is 1.51. The summed E-state index contributed by atoms with van der Waals surface area (Å²) < 4.78 is 37.1. The fraction of sp³-hybridized carbons (Fsp3) is 0.727. The molecule has 0 aliphatic carbocycles. The molecular formula is C11H18F3N3O4. The lowest BCUT2D eigenvalue weighted by atomic mass is 10.4. The zero-order chi connectivity index (χ0) is 16.6. The fourth-order valence-electron chi connectivity index (χ4n) is 1.51. The number of amides is 3. The van der Waals surface area contributed by atoms with Crippen molar-refractivity contribution in [3.63, 3.8) is 0 Å². The van der Waals surface area contributed by atoms with Gasteiger partial charge in [0.25, 0.3) is 0 Å². The number of halogens is 3. The van der Waals surface area contributed by atoms with Gasteiger partial charge in [0.05, 0.1) is 0 Å². The molecule has 7 nitrogen and oxygen atoms in total. The molecule has 0 aromatic carbocycles. The molecular weight excluding hydrogens is 295 g/mol. The molecule has 0 aromatic rings. The first-order valence-corrected chi connectivity index (χ1v) is 6.19. The number of urea groups is 1. The number of alkyl halides is 3. The van der Waals surface area contributed by atoms with E-state index in [-0.39, 0.29) is 11.4 Å². The van der Waals surface area contributed by atoms with E-state index < -0.39 is 43.7 Å². The number of nitrogens with one attached hydrogen (secondary N) is 1. The van der Waals surface area contributed by atoms with Gasteiger partial charge < -0.3 is 20.2 Å². The summed E-state index contributed by atoms with van der Waals surface area (Å²) in [5, 5.41) is 11.0. The second-order valence-electron chi connectivity index (χ2n) is 4.12. The van der Waals surface area contributed by atoms with E-state index in [0.29, 0.717) is 6.54 Å². The van der Waals surface area contributed by atoms with E-state index in [2.05, 4.69) is 5.32 Å². The number of carbonyl (C=O) groups excluding carboxylic acids is 2. The lowest BCUT2D eigenvalue weighted by molar-refractivity contribution is -0.149. The third-order valence-electron chi connectivity index (χ3n) is 2.33. The number of rotatable bonds is 7. The van der Waals surface area contributed by atoms with Crippen LogP contribution in [0.3, 0.4) is 0 Å². The highest BCUT2D eigenvalue weighted by molar-refractivity contribution is 5.85. The average Bonchev–Trinajstić information content (AvgIpc) is 2.32. The maximum atomic E-state index is 12.4. The Kier molecular flexibility index (Phi) is 7.53. The van der Waals surface area contributed by atoms with Crippen molar-refractivity contribution in [2.75, 3.05) is 32.7 Å². The standard InChI is InChI=1S/C11H18F3N3O4/c1-3-15-8(18)5-16(4-2)10(21)17(6-9(19)20)7-11(12,13)14/h3-7H2,1-2H3,(H,15,18)(H,19,20). The summed E-state index contributed by atoms with van der Waals surface area (Å²) in [4.78, 5) is 34.9. The average molecular weight is 313 g/mol. The van der Waals surface area contributed by atoms with Crippen LogP contribution in [0.5, 0.6) is 0 Å². The first kappa shape index (κ1) is 19.0. The molecule has 2 N–H and O–H groups in total. The molecule has 0 aliphatic rings. The molecule has 0 heterocycles. The predicted octanol–water partition coefficient (Wildman–Crippen LogP) is 0.513. The van der Waals surface area contributed by atoms with Crippen LogP contribution in [0.15, 0.2) is 0 Å². The van der Waals surface area contributed by atoms with Gasteiger partial charge in [-0.3, -0.25) is 9.59 Å². The van der Waals surface area contributed by atoms with Gasteiger partial charge in [-0.2, -0.15) is 13.2 Å². The molecule has 0 aromatic heterocycles. The Morgan fingerprint density at radius 2 is 1.67 bits per heavy atom. The summed E-state index contributed by atoms with van der Waals surface area (Å²) in [5.41, 5.74) is 0. The smallest absolute Gasteiger partial charge is 0.406 e. The van der Waals surface area contributed by atoms with Crippen LogP contribution in [0.4, 0.5) is 18.0 Å². The van der Waals surface area contributed by atoms with Gasteiger partial charge in [-0.25, -0.2) is 4.79 Å². The third-order valence-corrected chi connectivity index (χ3v) is 2.33. The Hall–Kier alpha value is -2.00. The minimum atomic E-state index is -4.73. The van der Waals surface area contributed by atoms with Crippen LogP contribution < -0.4 is 5.32 Å². The Balaban J connectivity index is 4.95. The first-order chi connectivity index (χ1) is 9.60. The quantitative estimate of drug-likeness (QED) is 0.717. The molecule has 0 atom stereocenters. The second-order valence-corrected chi connectivity index (χ2v) is 4.12. The normalized spacial score (nSPS) is 10.9. The molecule has 0 unspecified atom stereocenters. The molecule has 0 fully saturated rings. The monoisotopic (exact) mass is 313 g/mol. The lowest BCUT2D eigenvalue weighted by Gasteiger charge is -2.29. The molecule has 122 valence electrons. The maximum Gasteiger partial charge on any atom is 0.406 e. The molecule has 10 heteroatoms. The Morgan fingerprint density at radius 3 is 2.05 bits per heavy atom. The van der Waals surface area contributed by atoms with Crippen LogP contribution in [0, 0.1) is 0 Å². The molecule has 0 bridgehead atoms. The van der Waals surface area contributed by atoms with Crippen LogP contribution >= 0.6 is 0 Å². The molecule has 21 heavy (non-hydrogen) atoms. The summed E-state index contributed by atoms with van der Waals surface area (Å²) in [6, 6.07) is -1.15. The van der Waals surface area contributed by atoms with Crippen LogP contribution in [0.1, 0.15) is 13.8 Å². The van der Waals surface area contributed by atoms with Gasteiger partial charge in [0.2, 0.25) is 5.91 Å². The number of likely N-dealkylation sites (N-methyl/N-ethyl adjacent to an activating group) is 2. The zero-order valence-electron chi connectivity index (χ0n) is 11.7. The van der Waals surface area contributed by atoms with Crippen molar-refractivity contribution in [3.05, 3.63) is 0 Å². The molecule has 0 saturated heterocycles. The largest absolute Gasteiger partial charge is 0.480 e. The van der Waals surface area contributed by atoms with Gasteiger partial charge in [-0.1, -0.05) is 0 Å². The van der Waals surface area contributed by atoms with Crippen LogP contribution in [-0.4, -0.2) is 71.7 Å². The number of aliphatic carboxylic acids is 1. The van der Waals surface area contributed by atoms with Gasteiger partial charge in [-0.15, -0.1) is 0 Å². The van der Waals surface area contributed by atoms with Gasteiger partial charge >= 0.3 is 18.2 Å². The number of carbonyl (C=O) groups is 3. The van der Waals surface area contributed by atoms with E-state index in [1.807, 2.05) is 0 Å². The topological polar surface area (TPSA) is 90.0 Å². The highest BCUT2D eigenvalue weighted by Gasteiger charge is 2.35. The number of hydrogen-bond acceptors (Lipinski definition) is 3. The van der Waals surface area contributed by atoms with E-state index in [1.165, 1.54) is 6.92 Å². The predicted molar refractivity (Wildman–Crippen MR) is 66.6 cm³/mol. The maximum absolute atomic E-state index is 12.4. The highest BCUT2D eigenvalue weighted by Crippen LogP contribution is 2.17. The Bertz CT molecular complexity index is 387. The number of nitrogens with zero attached hydrogens (tertiary/aromatic N) is 2. The SMILES string of the molecule is CCNC(=O)CN(CC)C(=O)N(CC(=O)O)CC(F)(F)F. The summed E-state index contributed by atoms with van der Waals surface area (Å²) in [6.07, 6.45) is -4.73. The van der Waals surface area contributed by atoms with Gasteiger partial charge in [0.1, 0.15) is 19.6 Å². The minimum Gasteiger partial charge on any atom is -0.480 e. The Morgan fingerprint density at radius 1 is 1.10 bits per heavy atom. The first-order valence-electron chi connectivity index (χ1n) is 6.19. The van der Waals surface area contributed by atoms with Crippen molar-refractivity contribution in [1.29, 1.82) is 0 Å². The van der Waals surface area contributed by atoms with Gasteiger partial charge in [0, 0.05) is 13.1 Å². The van der Waals surface area contributed by atoms with Crippen LogP contribution in [0.2, 0.25) is 0 Å². The van der Waals surface area contributed by atoms with Crippen molar-refractivity contribution in [1.82, 2.24) is 15.1 Å². The van der Waals surface area contributed by atoms with E-state index in [9.17, 15) is 27.6 Å². The Labute approximate surface area is 119 Å². The molecule has 3 amide bonds. The highest BCUT2D eigenvalue weighted by atomic mass is 19.4. The number of carboxylic acids is 1. The van der Waals surface area contributed by atoms with Gasteiger partial charge in [-0.05, 0) is 13.8 Å².